The maximum atomic E-state index is 12.0. The lowest BCUT2D eigenvalue weighted by atomic mass is 9.96. The Bertz CT molecular complexity index is 791. The number of ether oxygens (including phenoxy) is 1. The molecular weight excluding hydrogens is 515 g/mol. The van der Waals surface area contributed by atoms with Crippen LogP contribution < -0.4 is 15.4 Å². The molecule has 9 heteroatoms. The quantitative estimate of drug-likeness (QED) is 0.296. The summed E-state index contributed by atoms with van der Waals surface area (Å²) < 4.78 is 31.8. The first kappa shape index (κ1) is 25.2. The van der Waals surface area contributed by atoms with E-state index in [1.165, 1.54) is 6.42 Å². The summed E-state index contributed by atoms with van der Waals surface area (Å²) in [5.41, 5.74) is 1.08. The Hall–Kier alpha value is -1.07. The van der Waals surface area contributed by atoms with Crippen molar-refractivity contribution < 1.29 is 13.2 Å². The van der Waals surface area contributed by atoms with Gasteiger partial charge in [-0.1, -0.05) is 18.2 Å². The summed E-state index contributed by atoms with van der Waals surface area (Å²) in [6, 6.07) is 8.33. The molecule has 0 unspecified atom stereocenters. The second-order valence-electron chi connectivity index (χ2n) is 7.69. The van der Waals surface area contributed by atoms with Gasteiger partial charge in [0.05, 0.1) is 18.4 Å². The van der Waals surface area contributed by atoms with Crippen molar-refractivity contribution in [2.45, 2.75) is 64.6 Å². The van der Waals surface area contributed by atoms with E-state index in [1.807, 2.05) is 25.1 Å². The monoisotopic (exact) mass is 550 g/mol. The molecule has 1 aromatic rings. The molecule has 2 aliphatic rings. The second kappa shape index (κ2) is 12.1. The predicted octanol–water partition coefficient (Wildman–Crippen LogP) is 3.11. The normalized spacial score (nSPS) is 18.9. The minimum atomic E-state index is -3.10. The van der Waals surface area contributed by atoms with E-state index in [4.69, 9.17) is 9.73 Å². The highest BCUT2D eigenvalue weighted by Gasteiger charge is 2.27. The number of nitrogens with zero attached hydrogens (tertiary/aromatic N) is 2. The number of hydrogen-bond donors (Lipinski definition) is 2. The van der Waals surface area contributed by atoms with Crippen LogP contribution in [0.15, 0.2) is 29.3 Å². The highest BCUT2D eigenvalue weighted by atomic mass is 127. The molecule has 0 radical (unpaired) electrons. The zero-order chi connectivity index (χ0) is 20.7. The van der Waals surface area contributed by atoms with Crippen LogP contribution in [0.4, 0.5) is 0 Å². The van der Waals surface area contributed by atoms with E-state index in [1.54, 1.807) is 11.2 Å². The number of piperidine rings is 1. The Labute approximate surface area is 198 Å². The van der Waals surface area contributed by atoms with Crippen molar-refractivity contribution in [1.82, 2.24) is 14.9 Å². The van der Waals surface area contributed by atoms with Gasteiger partial charge in [-0.2, -0.15) is 0 Å². The van der Waals surface area contributed by atoms with Gasteiger partial charge in [0, 0.05) is 31.2 Å². The van der Waals surface area contributed by atoms with Gasteiger partial charge in [-0.05, 0) is 52.0 Å². The van der Waals surface area contributed by atoms with Gasteiger partial charge in [-0.25, -0.2) is 17.7 Å². The van der Waals surface area contributed by atoms with Crippen LogP contribution in [0.2, 0.25) is 0 Å². The van der Waals surface area contributed by atoms with Crippen molar-refractivity contribution in [2.24, 2.45) is 4.99 Å². The Morgan fingerprint density at radius 3 is 2.47 bits per heavy atom. The van der Waals surface area contributed by atoms with Crippen LogP contribution in [0, 0.1) is 0 Å². The Balaban J connectivity index is 0.00000320. The number of aliphatic imine (C=N–C) groups is 1. The number of rotatable bonds is 8. The molecule has 7 nitrogen and oxygen atoms in total. The van der Waals surface area contributed by atoms with Crippen molar-refractivity contribution in [3.05, 3.63) is 29.8 Å². The summed E-state index contributed by atoms with van der Waals surface area (Å²) in [7, 11) is -3.10. The van der Waals surface area contributed by atoms with Crippen molar-refractivity contribution in [1.29, 1.82) is 0 Å². The largest absolute Gasteiger partial charge is 0.490 e. The smallest absolute Gasteiger partial charge is 0.213 e. The lowest BCUT2D eigenvalue weighted by Gasteiger charge is -2.32. The lowest BCUT2D eigenvalue weighted by molar-refractivity contribution is 0.119. The first-order valence-corrected chi connectivity index (χ1v) is 12.4. The Morgan fingerprint density at radius 1 is 1.17 bits per heavy atom. The van der Waals surface area contributed by atoms with Gasteiger partial charge in [0.2, 0.25) is 10.0 Å². The summed E-state index contributed by atoms with van der Waals surface area (Å²) in [4.78, 5) is 4.76. The zero-order valence-electron chi connectivity index (χ0n) is 18.0. The molecule has 1 aromatic carbocycles. The van der Waals surface area contributed by atoms with E-state index in [9.17, 15) is 8.42 Å². The van der Waals surface area contributed by atoms with E-state index in [-0.39, 0.29) is 35.8 Å². The van der Waals surface area contributed by atoms with Crippen LogP contribution in [-0.4, -0.2) is 56.2 Å². The molecule has 0 atom stereocenters. The number of halogens is 1. The van der Waals surface area contributed by atoms with Crippen molar-refractivity contribution in [3.63, 3.8) is 0 Å². The van der Waals surface area contributed by atoms with Gasteiger partial charge < -0.3 is 15.4 Å². The van der Waals surface area contributed by atoms with Crippen molar-refractivity contribution >= 4 is 40.0 Å². The standard InChI is InChI=1S/C21H34N4O3S.HI/c1-3-22-21(24-18-12-14-25(15-13-18)29(26,27)4-2)23-16-17-8-5-6-11-20(17)28-19-9-7-10-19;/h5-6,8,11,18-19H,3-4,7,9-10,12-16H2,1-2H3,(H2,22,23,24);1H. The third-order valence-corrected chi connectivity index (χ3v) is 7.50. The SMILES string of the molecule is CCNC(=NCc1ccccc1OC1CCC1)NC1CCN(S(=O)(=O)CC)CC1.I. The van der Waals surface area contributed by atoms with Crippen molar-refractivity contribution in [2.75, 3.05) is 25.4 Å². The van der Waals surface area contributed by atoms with Crippen LogP contribution in [0.1, 0.15) is 51.5 Å². The van der Waals surface area contributed by atoms with Gasteiger partial charge in [0.25, 0.3) is 0 Å². The van der Waals surface area contributed by atoms with Crippen LogP contribution in [0.3, 0.4) is 0 Å². The summed E-state index contributed by atoms with van der Waals surface area (Å²) in [5.74, 6) is 1.86. The van der Waals surface area contributed by atoms with Crippen LogP contribution in [0.5, 0.6) is 5.75 Å². The third kappa shape index (κ3) is 6.98. The molecule has 0 aromatic heterocycles. The fourth-order valence-electron chi connectivity index (χ4n) is 3.56. The van der Waals surface area contributed by atoms with Crippen molar-refractivity contribution in [3.8, 4) is 5.75 Å². The van der Waals surface area contributed by atoms with Gasteiger partial charge in [0.1, 0.15) is 5.75 Å². The molecule has 0 spiro atoms. The average Bonchev–Trinajstić information content (AvgIpc) is 2.70. The first-order valence-electron chi connectivity index (χ1n) is 10.8. The number of guanidine groups is 1. The average molecular weight is 551 g/mol. The maximum absolute atomic E-state index is 12.0. The summed E-state index contributed by atoms with van der Waals surface area (Å²) in [6.45, 7) is 6.18. The highest BCUT2D eigenvalue weighted by molar-refractivity contribution is 14.0. The minimum Gasteiger partial charge on any atom is -0.490 e. The summed E-state index contributed by atoms with van der Waals surface area (Å²) in [5, 5.41) is 6.78. The Kier molecular flexibility index (Phi) is 10.2. The number of sulfonamides is 1. The topological polar surface area (TPSA) is 83.0 Å². The molecule has 1 heterocycles. The highest BCUT2D eigenvalue weighted by Crippen LogP contribution is 2.28. The minimum absolute atomic E-state index is 0. The predicted molar refractivity (Wildman–Crippen MR) is 132 cm³/mol. The first-order chi connectivity index (χ1) is 14.0. The molecule has 1 aliphatic carbocycles. The molecule has 1 aliphatic heterocycles. The third-order valence-electron chi connectivity index (χ3n) is 5.62. The Morgan fingerprint density at radius 2 is 1.87 bits per heavy atom. The maximum Gasteiger partial charge on any atom is 0.213 e. The fraction of sp³-hybridized carbons (Fsp3) is 0.667. The molecule has 1 saturated carbocycles. The molecular formula is C21H35IN4O3S. The summed E-state index contributed by atoms with van der Waals surface area (Å²) in [6.07, 6.45) is 5.42. The van der Waals surface area contributed by atoms with E-state index in [0.29, 0.717) is 25.7 Å². The summed E-state index contributed by atoms with van der Waals surface area (Å²) >= 11 is 0. The molecule has 170 valence electrons. The molecule has 2 N–H and O–H groups in total. The van der Waals surface area contributed by atoms with E-state index in [2.05, 4.69) is 16.7 Å². The fourth-order valence-corrected chi connectivity index (χ4v) is 4.69. The molecule has 0 amide bonds. The number of para-hydroxylation sites is 1. The second-order valence-corrected chi connectivity index (χ2v) is 9.95. The number of benzene rings is 1. The van der Waals surface area contributed by atoms with Crippen LogP contribution in [0.25, 0.3) is 0 Å². The van der Waals surface area contributed by atoms with Crippen LogP contribution in [-0.2, 0) is 16.6 Å². The van der Waals surface area contributed by atoms with E-state index in [0.717, 1.165) is 49.5 Å². The van der Waals surface area contributed by atoms with E-state index >= 15 is 0 Å². The zero-order valence-corrected chi connectivity index (χ0v) is 21.1. The lowest BCUT2D eigenvalue weighted by Crippen LogP contribution is -2.50. The molecule has 2 fully saturated rings. The molecule has 1 saturated heterocycles. The number of hydrogen-bond acceptors (Lipinski definition) is 4. The molecule has 30 heavy (non-hydrogen) atoms. The number of nitrogens with one attached hydrogen (secondary N) is 2. The van der Waals surface area contributed by atoms with E-state index < -0.39 is 10.0 Å². The van der Waals surface area contributed by atoms with Gasteiger partial charge in [-0.3, -0.25) is 0 Å². The molecule has 3 rings (SSSR count). The van der Waals surface area contributed by atoms with Crippen LogP contribution >= 0.6 is 24.0 Å². The van der Waals surface area contributed by atoms with Gasteiger partial charge in [0.15, 0.2) is 5.96 Å². The molecule has 0 bridgehead atoms. The van der Waals surface area contributed by atoms with Gasteiger partial charge in [-0.15, -0.1) is 24.0 Å². The van der Waals surface area contributed by atoms with Gasteiger partial charge >= 0.3 is 0 Å².